The molecule has 4 aromatic rings. The summed E-state index contributed by atoms with van der Waals surface area (Å²) in [6, 6.07) is 23.2. The average Bonchev–Trinajstić information content (AvgIpc) is 3.02. The van der Waals surface area contributed by atoms with E-state index in [9.17, 15) is 21.6 Å². The van der Waals surface area contributed by atoms with Crippen molar-refractivity contribution < 1.29 is 21.6 Å². The Morgan fingerprint density at radius 1 is 0.767 bits per heavy atom. The van der Waals surface area contributed by atoms with E-state index in [4.69, 9.17) is 0 Å². The zero-order chi connectivity index (χ0) is 30.3. The van der Waals surface area contributed by atoms with Gasteiger partial charge in [-0.25, -0.2) is 8.42 Å². The van der Waals surface area contributed by atoms with E-state index >= 15 is 0 Å². The molecule has 0 aliphatic heterocycles. The number of hydrogen-bond donors (Lipinski definition) is 1. The lowest BCUT2D eigenvalue weighted by Gasteiger charge is -2.23. The number of halogens is 3. The predicted molar refractivity (Wildman–Crippen MR) is 162 cm³/mol. The van der Waals surface area contributed by atoms with E-state index in [0.29, 0.717) is 5.56 Å². The number of rotatable bonds is 11. The van der Waals surface area contributed by atoms with E-state index in [1.54, 1.807) is 24.5 Å². The van der Waals surface area contributed by atoms with Crippen LogP contribution in [-0.2, 0) is 35.8 Å². The van der Waals surface area contributed by atoms with Gasteiger partial charge in [0.2, 0.25) is 10.0 Å². The van der Waals surface area contributed by atoms with Crippen LogP contribution >= 0.6 is 0 Å². The molecule has 226 valence electrons. The van der Waals surface area contributed by atoms with Gasteiger partial charge in [-0.1, -0.05) is 73.9 Å². The van der Waals surface area contributed by atoms with Crippen molar-refractivity contribution in [1.82, 2.24) is 14.6 Å². The Bertz CT molecular complexity index is 1550. The Balaban J connectivity index is 1.27. The highest BCUT2D eigenvalue weighted by Gasteiger charge is 2.32. The van der Waals surface area contributed by atoms with Gasteiger partial charge >= 0.3 is 6.18 Å². The van der Waals surface area contributed by atoms with Crippen molar-refractivity contribution in [2.24, 2.45) is 5.92 Å². The Labute approximate surface area is 251 Å². The van der Waals surface area contributed by atoms with E-state index in [0.717, 1.165) is 60.0 Å². The Kier molecular flexibility index (Phi) is 9.95. The summed E-state index contributed by atoms with van der Waals surface area (Å²) >= 11 is 0. The molecule has 1 aromatic heterocycles. The van der Waals surface area contributed by atoms with E-state index in [2.05, 4.69) is 34.6 Å². The monoisotopic (exact) mass is 607 g/mol. The lowest BCUT2D eigenvalue weighted by molar-refractivity contribution is -0.137. The molecule has 43 heavy (non-hydrogen) atoms. The Morgan fingerprint density at radius 2 is 1.37 bits per heavy atom. The number of aromatic nitrogens is 1. The van der Waals surface area contributed by atoms with Crippen LogP contribution in [0.2, 0.25) is 0 Å². The highest BCUT2D eigenvalue weighted by molar-refractivity contribution is 7.89. The van der Waals surface area contributed by atoms with Crippen molar-refractivity contribution in [3.8, 4) is 11.1 Å². The molecule has 0 saturated heterocycles. The number of nitrogens with zero attached hydrogens (tertiary/aromatic N) is 2. The molecule has 1 saturated carbocycles. The molecule has 5 nitrogen and oxygen atoms in total. The zero-order valence-corrected chi connectivity index (χ0v) is 24.7. The van der Waals surface area contributed by atoms with Gasteiger partial charge in [0, 0.05) is 32.0 Å². The number of benzene rings is 3. The normalized spacial score (nSPS) is 14.7. The van der Waals surface area contributed by atoms with Gasteiger partial charge in [0.25, 0.3) is 0 Å². The molecule has 0 bridgehead atoms. The van der Waals surface area contributed by atoms with Crippen LogP contribution < -0.4 is 5.32 Å². The van der Waals surface area contributed by atoms with Crippen molar-refractivity contribution in [3.63, 3.8) is 0 Å². The minimum atomic E-state index is -4.55. The molecule has 0 amide bonds. The molecular formula is C34H36F3N3O2S. The molecule has 3 aromatic carbocycles. The Hall–Kier alpha value is -3.53. The molecule has 5 rings (SSSR count). The molecule has 1 N–H and O–H groups in total. The lowest BCUT2D eigenvalue weighted by Crippen LogP contribution is -2.30. The highest BCUT2D eigenvalue weighted by atomic mass is 32.2. The van der Waals surface area contributed by atoms with Crippen molar-refractivity contribution >= 4 is 10.0 Å². The smallest absolute Gasteiger partial charge is 0.312 e. The van der Waals surface area contributed by atoms with Gasteiger partial charge in [-0.15, -0.1) is 0 Å². The first-order valence-electron chi connectivity index (χ1n) is 14.6. The summed E-state index contributed by atoms with van der Waals surface area (Å²) in [6.07, 6.45) is 5.32. The summed E-state index contributed by atoms with van der Waals surface area (Å²) in [5.41, 5.74) is 3.83. The summed E-state index contributed by atoms with van der Waals surface area (Å²) in [5, 5.41) is 3.60. The summed E-state index contributed by atoms with van der Waals surface area (Å²) in [5.74, 6) is 0.789. The second-order valence-corrected chi connectivity index (χ2v) is 13.1. The second kappa shape index (κ2) is 13.8. The van der Waals surface area contributed by atoms with Crippen LogP contribution in [0.5, 0.6) is 0 Å². The standard InChI is InChI=1S/C34H36F3N3O2S/c35-34(36,37)32-16-18-33(19-17-32)43(41,42)40(25-29-7-4-20-38-23-29)24-28-10-14-31(15-11-28)30-12-8-27(9-13-30)22-39-21-26-5-2-1-3-6-26/h4,7-20,23,26,39H,1-3,5-6,21-22,24-25H2. The van der Waals surface area contributed by atoms with E-state index < -0.39 is 21.8 Å². The molecule has 1 aliphatic carbocycles. The van der Waals surface area contributed by atoms with Gasteiger partial charge in [0.05, 0.1) is 10.5 Å². The average molecular weight is 608 g/mol. The third kappa shape index (κ3) is 8.31. The highest BCUT2D eigenvalue weighted by Crippen LogP contribution is 2.31. The third-order valence-corrected chi connectivity index (χ3v) is 9.79. The number of sulfonamides is 1. The topological polar surface area (TPSA) is 62.3 Å². The maximum atomic E-state index is 13.6. The Morgan fingerprint density at radius 3 is 1.95 bits per heavy atom. The quantitative estimate of drug-likeness (QED) is 0.189. The molecular weight excluding hydrogens is 571 g/mol. The third-order valence-electron chi connectivity index (χ3n) is 7.99. The minimum absolute atomic E-state index is 0.0230. The fourth-order valence-corrected chi connectivity index (χ4v) is 6.94. The maximum Gasteiger partial charge on any atom is 0.416 e. The summed E-state index contributed by atoms with van der Waals surface area (Å²) in [4.78, 5) is 3.88. The van der Waals surface area contributed by atoms with Gasteiger partial charge in [-0.3, -0.25) is 4.98 Å². The largest absolute Gasteiger partial charge is 0.416 e. The number of pyridine rings is 1. The first-order chi connectivity index (χ1) is 20.7. The first kappa shape index (κ1) is 30.9. The molecule has 0 unspecified atom stereocenters. The van der Waals surface area contributed by atoms with Gasteiger partial charge in [-0.05, 0) is 83.5 Å². The van der Waals surface area contributed by atoms with Crippen molar-refractivity contribution in [2.45, 2.75) is 62.8 Å². The van der Waals surface area contributed by atoms with Crippen LogP contribution in [0.3, 0.4) is 0 Å². The fourth-order valence-electron chi connectivity index (χ4n) is 5.52. The number of alkyl halides is 3. The predicted octanol–water partition coefficient (Wildman–Crippen LogP) is 7.83. The minimum Gasteiger partial charge on any atom is -0.312 e. The first-order valence-corrected chi connectivity index (χ1v) is 16.1. The van der Waals surface area contributed by atoms with Crippen molar-refractivity contribution in [1.29, 1.82) is 0 Å². The van der Waals surface area contributed by atoms with Crippen LogP contribution in [0.15, 0.2) is 102 Å². The van der Waals surface area contributed by atoms with Crippen LogP contribution in [0.25, 0.3) is 11.1 Å². The second-order valence-electron chi connectivity index (χ2n) is 11.2. The SMILES string of the molecule is O=S(=O)(c1ccc(C(F)(F)F)cc1)N(Cc1ccc(-c2ccc(CNCC3CCCCC3)cc2)cc1)Cc1cccnc1. The van der Waals surface area contributed by atoms with Crippen LogP contribution in [0.4, 0.5) is 13.2 Å². The molecule has 0 spiro atoms. The van der Waals surface area contributed by atoms with Gasteiger partial charge in [0.15, 0.2) is 0 Å². The molecule has 1 fully saturated rings. The molecule has 1 aliphatic rings. The molecule has 9 heteroatoms. The van der Waals surface area contributed by atoms with Crippen molar-refractivity contribution in [3.05, 3.63) is 120 Å². The fraction of sp³-hybridized carbons (Fsp3) is 0.324. The van der Waals surface area contributed by atoms with Crippen LogP contribution in [-0.4, -0.2) is 24.3 Å². The van der Waals surface area contributed by atoms with E-state index in [-0.39, 0.29) is 18.0 Å². The van der Waals surface area contributed by atoms with Crippen LogP contribution in [0, 0.1) is 5.92 Å². The van der Waals surface area contributed by atoms with E-state index in [1.807, 2.05) is 24.3 Å². The van der Waals surface area contributed by atoms with Gasteiger partial charge in [0.1, 0.15) is 0 Å². The summed E-state index contributed by atoms with van der Waals surface area (Å²) < 4.78 is 67.7. The molecule has 1 heterocycles. The zero-order valence-electron chi connectivity index (χ0n) is 23.9. The van der Waals surface area contributed by atoms with Gasteiger partial charge < -0.3 is 5.32 Å². The van der Waals surface area contributed by atoms with Gasteiger partial charge in [-0.2, -0.15) is 17.5 Å². The molecule has 0 radical (unpaired) electrons. The van der Waals surface area contributed by atoms with Crippen molar-refractivity contribution in [2.75, 3.05) is 6.54 Å². The maximum absolute atomic E-state index is 13.6. The van der Waals surface area contributed by atoms with E-state index in [1.165, 1.54) is 42.0 Å². The number of nitrogens with one attached hydrogen (secondary N) is 1. The number of hydrogen-bond acceptors (Lipinski definition) is 4. The van der Waals surface area contributed by atoms with Crippen LogP contribution in [0.1, 0.15) is 54.4 Å². The lowest BCUT2D eigenvalue weighted by atomic mass is 9.89. The summed E-state index contributed by atoms with van der Waals surface area (Å²) in [6.45, 7) is 1.98. The summed E-state index contributed by atoms with van der Waals surface area (Å²) in [7, 11) is -4.11. The molecule has 0 atom stereocenters.